The third-order valence-corrected chi connectivity index (χ3v) is 4.00. The summed E-state index contributed by atoms with van der Waals surface area (Å²) >= 11 is 0. The fourth-order valence-electron chi connectivity index (χ4n) is 3.17. The van der Waals surface area contributed by atoms with Gasteiger partial charge in [0.15, 0.2) is 0 Å². The SMILES string of the molecule is CN(C)c1c2ccnc1C21CCC(=O)CC1. The zero-order chi connectivity index (χ0) is 11.3. The number of pyridine rings is 1. The molecule has 1 fully saturated rings. The number of hydrogen-bond acceptors (Lipinski definition) is 3. The fourth-order valence-corrected chi connectivity index (χ4v) is 3.17. The van der Waals surface area contributed by atoms with Crippen LogP contribution in [0.1, 0.15) is 36.9 Å². The third-order valence-electron chi connectivity index (χ3n) is 4.00. The van der Waals surface area contributed by atoms with Gasteiger partial charge in [0.2, 0.25) is 0 Å². The maximum Gasteiger partial charge on any atom is 0.133 e. The van der Waals surface area contributed by atoms with Crippen molar-refractivity contribution in [2.24, 2.45) is 0 Å². The van der Waals surface area contributed by atoms with Gasteiger partial charge in [-0.05, 0) is 24.5 Å². The van der Waals surface area contributed by atoms with Crippen LogP contribution in [0, 0.1) is 0 Å². The molecule has 84 valence electrons. The van der Waals surface area contributed by atoms with E-state index in [0.717, 1.165) is 25.7 Å². The van der Waals surface area contributed by atoms with Crippen molar-refractivity contribution >= 4 is 11.5 Å². The topological polar surface area (TPSA) is 33.2 Å². The van der Waals surface area contributed by atoms with E-state index in [4.69, 9.17) is 0 Å². The fraction of sp³-hybridized carbons (Fsp3) is 0.538. The maximum absolute atomic E-state index is 11.3. The molecule has 3 nitrogen and oxygen atoms in total. The summed E-state index contributed by atoms with van der Waals surface area (Å²) in [5.41, 5.74) is 4.01. The minimum absolute atomic E-state index is 0.127. The summed E-state index contributed by atoms with van der Waals surface area (Å²) in [6.07, 6.45) is 5.25. The second-order valence-corrected chi connectivity index (χ2v) is 5.07. The van der Waals surface area contributed by atoms with Crippen LogP contribution < -0.4 is 4.90 Å². The molecule has 0 N–H and O–H groups in total. The Labute approximate surface area is 95.5 Å². The van der Waals surface area contributed by atoms with Crippen molar-refractivity contribution in [3.8, 4) is 0 Å². The van der Waals surface area contributed by atoms with Crippen LogP contribution in [0.3, 0.4) is 0 Å². The predicted octanol–water partition coefficient (Wildman–Crippen LogP) is 1.89. The Balaban J connectivity index is 2.01. The van der Waals surface area contributed by atoms with Crippen molar-refractivity contribution in [1.29, 1.82) is 0 Å². The molecular weight excluding hydrogens is 200 g/mol. The second kappa shape index (κ2) is 3.06. The average Bonchev–Trinajstić information content (AvgIpc) is 2.29. The third kappa shape index (κ3) is 1.03. The standard InChI is InChI=1S/C13H16N2O/c1-15(2)11-10-5-8-14-12(11)13(10)6-3-9(16)4-7-13/h5,8H,3-4,6-7H2,1-2H3. The summed E-state index contributed by atoms with van der Waals surface area (Å²) in [6, 6.07) is 2.12. The van der Waals surface area contributed by atoms with E-state index in [9.17, 15) is 4.79 Å². The molecule has 0 saturated heterocycles. The summed E-state index contributed by atoms with van der Waals surface area (Å²) in [5.74, 6) is 0.409. The van der Waals surface area contributed by atoms with Crippen molar-refractivity contribution in [2.75, 3.05) is 19.0 Å². The number of carbonyl (C=O) groups is 1. The van der Waals surface area contributed by atoms with Crippen LogP contribution in [0.2, 0.25) is 0 Å². The van der Waals surface area contributed by atoms with E-state index in [1.54, 1.807) is 0 Å². The van der Waals surface area contributed by atoms with Crippen molar-refractivity contribution in [1.82, 2.24) is 4.98 Å². The van der Waals surface area contributed by atoms with Crippen molar-refractivity contribution in [2.45, 2.75) is 31.1 Å². The molecule has 3 rings (SSSR count). The average molecular weight is 216 g/mol. The molecule has 0 amide bonds. The number of anilines is 1. The summed E-state index contributed by atoms with van der Waals surface area (Å²) in [7, 11) is 4.12. The maximum atomic E-state index is 11.3. The van der Waals surface area contributed by atoms with Crippen molar-refractivity contribution in [3.63, 3.8) is 0 Å². The van der Waals surface area contributed by atoms with E-state index in [1.165, 1.54) is 16.9 Å². The predicted molar refractivity (Wildman–Crippen MR) is 62.8 cm³/mol. The van der Waals surface area contributed by atoms with E-state index >= 15 is 0 Å². The molecular formula is C13H16N2O. The van der Waals surface area contributed by atoms with Gasteiger partial charge in [0.05, 0.1) is 11.4 Å². The summed E-state index contributed by atoms with van der Waals surface area (Å²) in [4.78, 5) is 18.0. The molecule has 0 radical (unpaired) electrons. The van der Waals surface area contributed by atoms with Crippen molar-refractivity contribution < 1.29 is 4.79 Å². The molecule has 1 aromatic rings. The van der Waals surface area contributed by atoms with Gasteiger partial charge in [-0.2, -0.15) is 0 Å². The van der Waals surface area contributed by atoms with Crippen LogP contribution >= 0.6 is 0 Å². The number of ketones is 1. The van der Waals surface area contributed by atoms with Crippen LogP contribution in [0.5, 0.6) is 0 Å². The first-order chi connectivity index (χ1) is 7.65. The highest BCUT2D eigenvalue weighted by Gasteiger charge is 2.50. The van der Waals surface area contributed by atoms with Gasteiger partial charge in [-0.15, -0.1) is 0 Å². The largest absolute Gasteiger partial charge is 0.376 e. The number of nitrogens with zero attached hydrogens (tertiary/aromatic N) is 2. The Kier molecular flexibility index (Phi) is 1.88. The quantitative estimate of drug-likeness (QED) is 0.718. The van der Waals surface area contributed by atoms with Crippen LogP contribution in [-0.2, 0) is 10.2 Å². The molecule has 0 aliphatic heterocycles. The second-order valence-electron chi connectivity index (χ2n) is 5.07. The molecule has 0 atom stereocenters. The highest BCUT2D eigenvalue weighted by Crippen LogP contribution is 2.56. The molecule has 1 aromatic heterocycles. The van der Waals surface area contributed by atoms with E-state index in [1.807, 2.05) is 6.20 Å². The molecule has 1 heterocycles. The van der Waals surface area contributed by atoms with Gasteiger partial charge in [-0.25, -0.2) is 0 Å². The molecule has 1 saturated carbocycles. The first-order valence-corrected chi connectivity index (χ1v) is 5.84. The van der Waals surface area contributed by atoms with E-state index in [0.29, 0.717) is 5.78 Å². The van der Waals surface area contributed by atoms with E-state index in [-0.39, 0.29) is 5.41 Å². The summed E-state index contributed by atoms with van der Waals surface area (Å²) < 4.78 is 0. The summed E-state index contributed by atoms with van der Waals surface area (Å²) in [6.45, 7) is 0. The lowest BCUT2D eigenvalue weighted by molar-refractivity contribution is -0.121. The zero-order valence-electron chi connectivity index (χ0n) is 9.79. The van der Waals surface area contributed by atoms with Crippen molar-refractivity contribution in [3.05, 3.63) is 23.5 Å². The minimum atomic E-state index is 0.127. The van der Waals surface area contributed by atoms with Crippen LogP contribution in [0.25, 0.3) is 0 Å². The number of hydrogen-bond donors (Lipinski definition) is 0. The number of aromatic nitrogens is 1. The van der Waals surface area contributed by atoms with Crippen LogP contribution in [0.4, 0.5) is 5.69 Å². The molecule has 16 heavy (non-hydrogen) atoms. The molecule has 3 heteroatoms. The lowest BCUT2D eigenvalue weighted by Crippen LogP contribution is -2.43. The highest BCUT2D eigenvalue weighted by molar-refractivity contribution is 5.83. The first kappa shape index (κ1) is 9.82. The molecule has 2 bridgehead atoms. The molecule has 2 aliphatic rings. The number of Topliss-reactive ketones (excluding diaryl/α,β-unsaturated/α-hetero) is 1. The summed E-state index contributed by atoms with van der Waals surface area (Å²) in [5, 5.41) is 0. The van der Waals surface area contributed by atoms with Gasteiger partial charge in [-0.3, -0.25) is 9.78 Å². The molecule has 1 spiro atoms. The highest BCUT2D eigenvalue weighted by atomic mass is 16.1. The first-order valence-electron chi connectivity index (χ1n) is 5.84. The van der Waals surface area contributed by atoms with Gasteiger partial charge in [0.25, 0.3) is 0 Å². The van der Waals surface area contributed by atoms with Gasteiger partial charge in [-0.1, -0.05) is 0 Å². The lowest BCUT2D eigenvalue weighted by atomic mass is 9.59. The number of carbonyl (C=O) groups excluding carboxylic acids is 1. The lowest BCUT2D eigenvalue weighted by Gasteiger charge is -2.48. The Bertz CT molecular complexity index is 431. The zero-order valence-corrected chi connectivity index (χ0v) is 9.79. The Morgan fingerprint density at radius 3 is 2.50 bits per heavy atom. The molecule has 2 aliphatic carbocycles. The van der Waals surface area contributed by atoms with Crippen LogP contribution in [0.15, 0.2) is 12.3 Å². The van der Waals surface area contributed by atoms with E-state index < -0.39 is 0 Å². The smallest absolute Gasteiger partial charge is 0.133 e. The Hall–Kier alpha value is -1.38. The van der Waals surface area contributed by atoms with Gasteiger partial charge in [0.1, 0.15) is 5.78 Å². The number of fused-ring (bicyclic) bond motifs is 4. The minimum Gasteiger partial charge on any atom is -0.376 e. The Morgan fingerprint density at radius 1 is 1.31 bits per heavy atom. The normalized spacial score (nSPS) is 20.8. The van der Waals surface area contributed by atoms with Gasteiger partial charge >= 0.3 is 0 Å². The van der Waals surface area contributed by atoms with Gasteiger partial charge in [0, 0.05) is 38.5 Å². The molecule has 0 unspecified atom stereocenters. The molecule has 0 aromatic carbocycles. The van der Waals surface area contributed by atoms with E-state index in [2.05, 4.69) is 30.0 Å². The van der Waals surface area contributed by atoms with Crippen LogP contribution in [-0.4, -0.2) is 24.9 Å². The van der Waals surface area contributed by atoms with Gasteiger partial charge < -0.3 is 4.90 Å². The monoisotopic (exact) mass is 216 g/mol. The Morgan fingerprint density at radius 2 is 2.00 bits per heavy atom. The number of rotatable bonds is 1.